The maximum absolute atomic E-state index is 12.9. The lowest BCUT2D eigenvalue weighted by molar-refractivity contribution is -0.120. The van der Waals surface area contributed by atoms with Gasteiger partial charge in [-0.05, 0) is 56.3 Å². The van der Waals surface area contributed by atoms with E-state index in [4.69, 9.17) is 16.3 Å². The van der Waals surface area contributed by atoms with Gasteiger partial charge in [-0.25, -0.2) is 14.5 Å². The zero-order valence-corrected chi connectivity index (χ0v) is 17.7. The number of anilines is 2. The van der Waals surface area contributed by atoms with E-state index in [9.17, 15) is 19.2 Å². The Balaban J connectivity index is 1.82. The summed E-state index contributed by atoms with van der Waals surface area (Å²) in [6.45, 7) is 3.47. The maximum atomic E-state index is 12.9. The third-order valence-corrected chi connectivity index (χ3v) is 4.63. The zero-order chi connectivity index (χ0) is 22.7. The molecule has 3 rings (SSSR count). The number of methoxy groups -OCH3 is 1. The summed E-state index contributed by atoms with van der Waals surface area (Å²) in [4.78, 5) is 50.1. The van der Waals surface area contributed by atoms with E-state index in [1.807, 2.05) is 0 Å². The topological polar surface area (TPSA) is 102 Å². The number of nitrogens with one attached hydrogen (secondary N) is 1. The summed E-state index contributed by atoms with van der Waals surface area (Å²) < 4.78 is 9.80. The number of carbonyl (C=O) groups excluding carboxylic acids is 4. The maximum Gasteiger partial charge on any atom is 0.338 e. The van der Waals surface area contributed by atoms with Crippen molar-refractivity contribution < 1.29 is 28.7 Å². The number of hydrogen-bond donors (Lipinski definition) is 1. The van der Waals surface area contributed by atoms with Crippen LogP contribution in [0.2, 0.25) is 0 Å². The zero-order valence-electron chi connectivity index (χ0n) is 17.0. The normalized spacial score (nSPS) is 13.6. The van der Waals surface area contributed by atoms with Gasteiger partial charge in [-0.1, -0.05) is 17.7 Å². The largest absolute Gasteiger partial charge is 0.465 e. The molecule has 0 fully saturated rings. The average molecular weight is 443 g/mol. The summed E-state index contributed by atoms with van der Waals surface area (Å²) in [5.74, 6) is -2.44. The summed E-state index contributed by atoms with van der Waals surface area (Å²) in [7, 11) is 1.25. The van der Waals surface area contributed by atoms with Crippen molar-refractivity contribution in [1.82, 2.24) is 0 Å². The molecule has 0 saturated heterocycles. The monoisotopic (exact) mass is 442 g/mol. The van der Waals surface area contributed by atoms with Crippen LogP contribution in [-0.2, 0) is 19.1 Å². The fourth-order valence-corrected chi connectivity index (χ4v) is 3.07. The quantitative estimate of drug-likeness (QED) is 0.539. The van der Waals surface area contributed by atoms with Crippen LogP contribution in [0.4, 0.5) is 11.4 Å². The van der Waals surface area contributed by atoms with Crippen LogP contribution in [0, 0.1) is 0 Å². The van der Waals surface area contributed by atoms with Crippen molar-refractivity contribution in [3.63, 3.8) is 0 Å². The lowest BCUT2D eigenvalue weighted by Crippen LogP contribution is -2.32. The minimum Gasteiger partial charge on any atom is -0.465 e. The van der Waals surface area contributed by atoms with Crippen molar-refractivity contribution in [2.24, 2.45) is 0 Å². The first-order valence-electron chi connectivity index (χ1n) is 9.28. The first-order valence-corrected chi connectivity index (χ1v) is 9.65. The van der Waals surface area contributed by atoms with Gasteiger partial charge in [-0.15, -0.1) is 0 Å². The average Bonchev–Trinajstić information content (AvgIpc) is 2.96. The first kappa shape index (κ1) is 22.0. The first-order chi connectivity index (χ1) is 14.7. The molecule has 2 aromatic carbocycles. The highest BCUT2D eigenvalue weighted by molar-refractivity contribution is 6.53. The van der Waals surface area contributed by atoms with Gasteiger partial charge in [-0.2, -0.15) is 0 Å². The fourth-order valence-electron chi connectivity index (χ4n) is 2.86. The van der Waals surface area contributed by atoms with Gasteiger partial charge in [0.2, 0.25) is 0 Å². The van der Waals surface area contributed by atoms with E-state index < -0.39 is 23.8 Å². The molecule has 160 valence electrons. The summed E-state index contributed by atoms with van der Waals surface area (Å²) in [6.07, 6.45) is -0.283. The van der Waals surface area contributed by atoms with Crippen molar-refractivity contribution in [2.45, 2.75) is 20.0 Å². The third-order valence-electron chi connectivity index (χ3n) is 4.28. The second-order valence-electron chi connectivity index (χ2n) is 6.83. The molecule has 1 heterocycles. The van der Waals surface area contributed by atoms with E-state index in [0.29, 0.717) is 5.69 Å². The molecule has 1 aliphatic heterocycles. The van der Waals surface area contributed by atoms with Crippen molar-refractivity contribution in [3.8, 4) is 0 Å². The van der Waals surface area contributed by atoms with E-state index in [1.54, 1.807) is 32.0 Å². The van der Waals surface area contributed by atoms with Crippen molar-refractivity contribution in [3.05, 3.63) is 70.4 Å². The molecular formula is C22H19ClN2O6. The Morgan fingerprint density at radius 2 is 1.65 bits per heavy atom. The molecule has 2 aromatic rings. The molecular weight excluding hydrogens is 424 g/mol. The molecule has 9 heteroatoms. The van der Waals surface area contributed by atoms with E-state index in [0.717, 1.165) is 4.90 Å². The van der Waals surface area contributed by atoms with Crippen molar-refractivity contribution in [2.75, 3.05) is 17.3 Å². The number of imide groups is 1. The number of amides is 2. The molecule has 8 nitrogen and oxygen atoms in total. The Morgan fingerprint density at radius 3 is 2.26 bits per heavy atom. The highest BCUT2D eigenvalue weighted by atomic mass is 35.5. The predicted octanol–water partition coefficient (Wildman–Crippen LogP) is 3.47. The molecule has 0 aromatic heterocycles. The van der Waals surface area contributed by atoms with E-state index in [2.05, 4.69) is 10.1 Å². The summed E-state index contributed by atoms with van der Waals surface area (Å²) in [5.41, 5.74) is 1.05. The molecule has 0 saturated carbocycles. The van der Waals surface area contributed by atoms with Gasteiger partial charge < -0.3 is 14.8 Å². The Bertz CT molecular complexity index is 1090. The Morgan fingerprint density at radius 1 is 0.968 bits per heavy atom. The second kappa shape index (κ2) is 9.01. The van der Waals surface area contributed by atoms with Crippen LogP contribution in [0.1, 0.15) is 34.6 Å². The lowest BCUT2D eigenvalue weighted by atomic mass is 10.2. The van der Waals surface area contributed by atoms with Crippen molar-refractivity contribution >= 4 is 46.7 Å². The highest BCUT2D eigenvalue weighted by Crippen LogP contribution is 2.30. The number of esters is 2. The summed E-state index contributed by atoms with van der Waals surface area (Å²) in [5, 5.41) is 2.52. The number of hydrogen-bond acceptors (Lipinski definition) is 7. The Hall–Kier alpha value is -3.65. The van der Waals surface area contributed by atoms with E-state index in [-0.39, 0.29) is 33.6 Å². The van der Waals surface area contributed by atoms with Crippen LogP contribution >= 0.6 is 11.6 Å². The smallest absolute Gasteiger partial charge is 0.338 e. The lowest BCUT2D eigenvalue weighted by Gasteiger charge is -2.15. The minimum absolute atomic E-state index is 0.127. The van der Waals surface area contributed by atoms with Gasteiger partial charge in [0.1, 0.15) is 10.7 Å². The molecule has 2 amide bonds. The number of ether oxygens (including phenoxy) is 2. The summed E-state index contributed by atoms with van der Waals surface area (Å²) in [6, 6.07) is 12.1. The molecule has 0 bridgehead atoms. The molecule has 0 spiro atoms. The van der Waals surface area contributed by atoms with Crippen molar-refractivity contribution in [1.29, 1.82) is 0 Å². The van der Waals surface area contributed by atoms with Crippen LogP contribution < -0.4 is 10.2 Å². The standard InChI is InChI=1S/C22H19ClN2O6/c1-12(2)31-22(29)14-5-4-6-15(11-14)24-18-17(23)19(26)25(20(18)27)16-9-7-13(8-10-16)21(28)30-3/h4-12,24H,1-3H3. The van der Waals surface area contributed by atoms with E-state index >= 15 is 0 Å². The highest BCUT2D eigenvalue weighted by Gasteiger charge is 2.39. The van der Waals surface area contributed by atoms with Crippen LogP contribution in [0.5, 0.6) is 0 Å². The predicted molar refractivity (Wildman–Crippen MR) is 114 cm³/mol. The van der Waals surface area contributed by atoms with Gasteiger partial charge in [0.25, 0.3) is 11.8 Å². The van der Waals surface area contributed by atoms with Crippen LogP contribution in [0.25, 0.3) is 0 Å². The van der Waals surface area contributed by atoms with Crippen LogP contribution in [0.15, 0.2) is 59.3 Å². The molecule has 31 heavy (non-hydrogen) atoms. The van der Waals surface area contributed by atoms with Gasteiger partial charge in [0, 0.05) is 5.69 Å². The number of rotatable bonds is 6. The number of benzene rings is 2. The van der Waals surface area contributed by atoms with Gasteiger partial charge in [0.15, 0.2) is 0 Å². The molecule has 0 atom stereocenters. The fraction of sp³-hybridized carbons (Fsp3) is 0.182. The number of halogens is 1. The molecule has 0 radical (unpaired) electrons. The van der Waals surface area contributed by atoms with Crippen LogP contribution in [0.3, 0.4) is 0 Å². The molecule has 1 aliphatic rings. The summed E-state index contributed by atoms with van der Waals surface area (Å²) >= 11 is 6.13. The molecule has 0 unspecified atom stereocenters. The minimum atomic E-state index is -0.713. The Kier molecular flexibility index (Phi) is 6.41. The van der Waals surface area contributed by atoms with Crippen LogP contribution in [-0.4, -0.2) is 37.0 Å². The van der Waals surface area contributed by atoms with Gasteiger partial charge in [-0.3, -0.25) is 9.59 Å². The van der Waals surface area contributed by atoms with E-state index in [1.165, 1.54) is 37.4 Å². The molecule has 1 N–H and O–H groups in total. The number of carbonyl (C=O) groups is 4. The second-order valence-corrected chi connectivity index (χ2v) is 7.21. The Labute approximate surface area is 183 Å². The molecule has 0 aliphatic carbocycles. The van der Waals surface area contributed by atoms with Gasteiger partial charge >= 0.3 is 11.9 Å². The number of nitrogens with zero attached hydrogens (tertiary/aromatic N) is 1. The van der Waals surface area contributed by atoms with Gasteiger partial charge in [0.05, 0.1) is 30.0 Å². The third kappa shape index (κ3) is 4.59. The SMILES string of the molecule is COC(=O)c1ccc(N2C(=O)C(Cl)=C(Nc3cccc(C(=O)OC(C)C)c3)C2=O)cc1.